The summed E-state index contributed by atoms with van der Waals surface area (Å²) >= 11 is 0. The molecule has 0 radical (unpaired) electrons. The molecule has 0 unspecified atom stereocenters. The van der Waals surface area contributed by atoms with E-state index in [-0.39, 0.29) is 24.7 Å². The van der Waals surface area contributed by atoms with Crippen LogP contribution in [0.2, 0.25) is 0 Å². The van der Waals surface area contributed by atoms with Gasteiger partial charge in [0.2, 0.25) is 0 Å². The number of hydrogen-bond donors (Lipinski definition) is 1. The molecule has 76 valence electrons. The Morgan fingerprint density at radius 1 is 1.38 bits per heavy atom. The topological polar surface area (TPSA) is 61.5 Å². The normalized spacial score (nSPS) is 28.5. The van der Waals surface area contributed by atoms with Gasteiger partial charge in [0.1, 0.15) is 0 Å². The van der Waals surface area contributed by atoms with Gasteiger partial charge in [0, 0.05) is 0 Å². The Hall–Kier alpha value is -0.610. The fourth-order valence-electron chi connectivity index (χ4n) is 1.77. The lowest BCUT2D eigenvalue weighted by Gasteiger charge is -2.26. The largest absolute Gasteiger partial charge is 0.469 e. The highest BCUT2D eigenvalue weighted by atomic mass is 16.5. The van der Waals surface area contributed by atoms with Gasteiger partial charge < -0.3 is 15.2 Å². The average Bonchev–Trinajstić information content (AvgIpc) is 2.18. The van der Waals surface area contributed by atoms with Crippen molar-refractivity contribution in [1.82, 2.24) is 0 Å². The molecule has 0 heterocycles. The van der Waals surface area contributed by atoms with Crippen LogP contribution in [0.4, 0.5) is 0 Å². The van der Waals surface area contributed by atoms with Crippen molar-refractivity contribution in [3.8, 4) is 0 Å². The molecule has 1 aliphatic carbocycles. The quantitative estimate of drug-likeness (QED) is 0.520. The highest BCUT2D eigenvalue weighted by molar-refractivity contribution is 5.72. The summed E-state index contributed by atoms with van der Waals surface area (Å²) in [6, 6.07) is 0. The Morgan fingerprint density at radius 2 is 2.00 bits per heavy atom. The second-order valence-electron chi connectivity index (χ2n) is 3.33. The van der Waals surface area contributed by atoms with Crippen LogP contribution in [0, 0.1) is 5.92 Å². The van der Waals surface area contributed by atoms with Gasteiger partial charge >= 0.3 is 5.97 Å². The molecular weight excluding hydrogens is 170 g/mol. The van der Waals surface area contributed by atoms with Crippen molar-refractivity contribution in [3.63, 3.8) is 0 Å². The highest BCUT2D eigenvalue weighted by Crippen LogP contribution is 2.26. The number of carbonyl (C=O) groups excluding carboxylic acids is 1. The fourth-order valence-corrected chi connectivity index (χ4v) is 1.77. The van der Waals surface area contributed by atoms with Crippen LogP contribution in [-0.2, 0) is 14.3 Å². The number of ether oxygens (including phenoxy) is 2. The molecule has 0 spiro atoms. The maximum absolute atomic E-state index is 11.1. The van der Waals surface area contributed by atoms with Gasteiger partial charge in [0.05, 0.1) is 25.9 Å². The van der Waals surface area contributed by atoms with Gasteiger partial charge in [-0.05, 0) is 25.7 Å². The standard InChI is InChI=1S/C9H17NO3/c1-12-9(11)7-2-4-8(5-3-7)13-6-10/h7-8H,2-6,10H2,1H3. The minimum absolute atomic E-state index is 0.0719. The Morgan fingerprint density at radius 3 is 2.46 bits per heavy atom. The van der Waals surface area contributed by atoms with E-state index in [0.717, 1.165) is 25.7 Å². The molecule has 1 saturated carbocycles. The molecule has 0 saturated heterocycles. The van der Waals surface area contributed by atoms with E-state index in [1.807, 2.05) is 0 Å². The first-order valence-corrected chi connectivity index (χ1v) is 4.67. The van der Waals surface area contributed by atoms with Crippen LogP contribution >= 0.6 is 0 Å². The summed E-state index contributed by atoms with van der Waals surface area (Å²) in [5.74, 6) is -0.0196. The number of nitrogens with two attached hydrogens (primary N) is 1. The predicted octanol–water partition coefficient (Wildman–Crippen LogP) is 0.651. The molecule has 0 aromatic rings. The summed E-state index contributed by atoms with van der Waals surface area (Å²) in [6.07, 6.45) is 3.79. The van der Waals surface area contributed by atoms with Gasteiger partial charge in [-0.15, -0.1) is 0 Å². The Balaban J connectivity index is 2.26. The summed E-state index contributed by atoms with van der Waals surface area (Å²) in [6.45, 7) is 0.271. The van der Waals surface area contributed by atoms with Crippen molar-refractivity contribution in [2.45, 2.75) is 31.8 Å². The van der Waals surface area contributed by atoms with E-state index < -0.39 is 0 Å². The third-order valence-corrected chi connectivity index (χ3v) is 2.54. The number of methoxy groups -OCH3 is 1. The zero-order valence-corrected chi connectivity index (χ0v) is 7.99. The van der Waals surface area contributed by atoms with E-state index in [0.29, 0.717) is 0 Å². The maximum Gasteiger partial charge on any atom is 0.308 e. The summed E-state index contributed by atoms with van der Waals surface area (Å²) < 4.78 is 9.95. The Kier molecular flexibility index (Phi) is 4.18. The third kappa shape index (κ3) is 2.97. The SMILES string of the molecule is COC(=O)C1CCC(OCN)CC1. The zero-order chi connectivity index (χ0) is 9.68. The molecule has 0 aromatic heterocycles. The van der Waals surface area contributed by atoms with E-state index in [1.165, 1.54) is 7.11 Å². The van der Waals surface area contributed by atoms with E-state index in [1.54, 1.807) is 0 Å². The summed E-state index contributed by atoms with van der Waals surface area (Å²) in [5, 5.41) is 0. The lowest BCUT2D eigenvalue weighted by atomic mass is 9.87. The number of rotatable bonds is 3. The molecule has 0 aliphatic heterocycles. The minimum atomic E-state index is -0.0915. The number of esters is 1. The molecule has 13 heavy (non-hydrogen) atoms. The minimum Gasteiger partial charge on any atom is -0.469 e. The van der Waals surface area contributed by atoms with Crippen LogP contribution in [-0.4, -0.2) is 25.9 Å². The molecule has 4 heteroatoms. The van der Waals surface area contributed by atoms with Gasteiger partial charge in [-0.3, -0.25) is 4.79 Å². The fraction of sp³-hybridized carbons (Fsp3) is 0.889. The first kappa shape index (κ1) is 10.5. The first-order chi connectivity index (χ1) is 6.27. The molecule has 2 N–H and O–H groups in total. The van der Waals surface area contributed by atoms with Crippen LogP contribution in [0.1, 0.15) is 25.7 Å². The van der Waals surface area contributed by atoms with Crippen molar-refractivity contribution >= 4 is 5.97 Å². The molecular formula is C9H17NO3. The van der Waals surface area contributed by atoms with Crippen LogP contribution < -0.4 is 5.73 Å². The Bertz CT molecular complexity index is 164. The van der Waals surface area contributed by atoms with Crippen LogP contribution in [0.15, 0.2) is 0 Å². The number of hydrogen-bond acceptors (Lipinski definition) is 4. The lowest BCUT2D eigenvalue weighted by molar-refractivity contribution is -0.147. The molecule has 0 atom stereocenters. The van der Waals surface area contributed by atoms with E-state index in [4.69, 9.17) is 10.5 Å². The molecule has 0 aromatic carbocycles. The van der Waals surface area contributed by atoms with Gasteiger partial charge in [-0.1, -0.05) is 0 Å². The molecule has 1 rings (SSSR count). The zero-order valence-electron chi connectivity index (χ0n) is 7.99. The van der Waals surface area contributed by atoms with Crippen LogP contribution in [0.5, 0.6) is 0 Å². The summed E-state index contributed by atoms with van der Waals surface area (Å²) in [5.41, 5.74) is 5.27. The van der Waals surface area contributed by atoms with Gasteiger partial charge in [-0.2, -0.15) is 0 Å². The van der Waals surface area contributed by atoms with E-state index in [2.05, 4.69) is 4.74 Å². The summed E-state index contributed by atoms with van der Waals surface area (Å²) in [7, 11) is 1.44. The van der Waals surface area contributed by atoms with E-state index in [9.17, 15) is 4.79 Å². The third-order valence-electron chi connectivity index (χ3n) is 2.54. The van der Waals surface area contributed by atoms with Crippen LogP contribution in [0.25, 0.3) is 0 Å². The smallest absolute Gasteiger partial charge is 0.308 e. The summed E-state index contributed by atoms with van der Waals surface area (Å²) in [4.78, 5) is 11.1. The highest BCUT2D eigenvalue weighted by Gasteiger charge is 2.26. The molecule has 0 amide bonds. The van der Waals surface area contributed by atoms with E-state index >= 15 is 0 Å². The lowest BCUT2D eigenvalue weighted by Crippen LogP contribution is -2.28. The Labute approximate surface area is 78.4 Å². The second kappa shape index (κ2) is 5.19. The van der Waals surface area contributed by atoms with Gasteiger partial charge in [0.15, 0.2) is 0 Å². The van der Waals surface area contributed by atoms with Crippen LogP contribution in [0.3, 0.4) is 0 Å². The molecule has 1 fully saturated rings. The first-order valence-electron chi connectivity index (χ1n) is 4.67. The van der Waals surface area contributed by atoms with Crippen molar-refractivity contribution in [3.05, 3.63) is 0 Å². The van der Waals surface area contributed by atoms with Gasteiger partial charge in [0.25, 0.3) is 0 Å². The van der Waals surface area contributed by atoms with Crippen molar-refractivity contribution < 1.29 is 14.3 Å². The average molecular weight is 187 g/mol. The predicted molar refractivity (Wildman–Crippen MR) is 47.9 cm³/mol. The van der Waals surface area contributed by atoms with Crippen molar-refractivity contribution in [2.75, 3.05) is 13.8 Å². The monoisotopic (exact) mass is 187 g/mol. The van der Waals surface area contributed by atoms with Crippen molar-refractivity contribution in [2.24, 2.45) is 11.7 Å². The molecule has 4 nitrogen and oxygen atoms in total. The molecule has 0 bridgehead atoms. The number of carbonyl (C=O) groups is 1. The molecule has 1 aliphatic rings. The van der Waals surface area contributed by atoms with Crippen molar-refractivity contribution in [1.29, 1.82) is 0 Å². The van der Waals surface area contributed by atoms with Gasteiger partial charge in [-0.25, -0.2) is 0 Å². The second-order valence-corrected chi connectivity index (χ2v) is 3.33. The maximum atomic E-state index is 11.1.